The van der Waals surface area contributed by atoms with E-state index in [2.05, 4.69) is 13.0 Å². The van der Waals surface area contributed by atoms with E-state index in [1.54, 1.807) is 0 Å². The molecule has 11 heavy (non-hydrogen) atoms. The van der Waals surface area contributed by atoms with Crippen LogP contribution in [0.5, 0.6) is 0 Å². The van der Waals surface area contributed by atoms with Gasteiger partial charge in [-0.3, -0.25) is 0 Å². The minimum atomic E-state index is 0.150. The van der Waals surface area contributed by atoms with Gasteiger partial charge in [0.1, 0.15) is 5.76 Å². The lowest BCUT2D eigenvalue weighted by molar-refractivity contribution is 0.221. The van der Waals surface area contributed by atoms with Crippen LogP contribution in [0.3, 0.4) is 0 Å². The van der Waals surface area contributed by atoms with Crippen LogP contribution in [-0.2, 0) is 4.74 Å². The Bertz CT molecular complexity index is 142. The SMILES string of the molecule is CCCCC(N)C1=CCCO1. The van der Waals surface area contributed by atoms with E-state index in [0.29, 0.717) is 0 Å². The highest BCUT2D eigenvalue weighted by molar-refractivity contribution is 5.05. The monoisotopic (exact) mass is 155 g/mol. The largest absolute Gasteiger partial charge is 0.496 e. The molecule has 0 aromatic rings. The van der Waals surface area contributed by atoms with E-state index in [9.17, 15) is 0 Å². The Labute approximate surface area is 68.4 Å². The Morgan fingerprint density at radius 3 is 3.09 bits per heavy atom. The van der Waals surface area contributed by atoms with Crippen molar-refractivity contribution >= 4 is 0 Å². The third-order valence-electron chi connectivity index (χ3n) is 1.97. The molecule has 2 N–H and O–H groups in total. The molecule has 0 saturated heterocycles. The second-order valence-electron chi connectivity index (χ2n) is 2.99. The summed E-state index contributed by atoms with van der Waals surface area (Å²) in [5, 5.41) is 0. The molecule has 0 aromatic carbocycles. The first-order chi connectivity index (χ1) is 5.34. The maximum Gasteiger partial charge on any atom is 0.109 e. The van der Waals surface area contributed by atoms with Gasteiger partial charge in [0.15, 0.2) is 0 Å². The highest BCUT2D eigenvalue weighted by Gasteiger charge is 2.13. The summed E-state index contributed by atoms with van der Waals surface area (Å²) in [5.41, 5.74) is 5.87. The molecule has 0 fully saturated rings. The van der Waals surface area contributed by atoms with E-state index >= 15 is 0 Å². The fourth-order valence-electron chi connectivity index (χ4n) is 1.26. The lowest BCUT2D eigenvalue weighted by Crippen LogP contribution is -2.22. The molecule has 0 aromatic heterocycles. The molecule has 1 aliphatic heterocycles. The van der Waals surface area contributed by atoms with Gasteiger partial charge in [0.05, 0.1) is 12.6 Å². The molecule has 0 bridgehead atoms. The van der Waals surface area contributed by atoms with Crippen LogP contribution in [0.15, 0.2) is 11.8 Å². The zero-order valence-electron chi connectivity index (χ0n) is 7.18. The van der Waals surface area contributed by atoms with Crippen molar-refractivity contribution in [3.8, 4) is 0 Å². The van der Waals surface area contributed by atoms with E-state index in [1.165, 1.54) is 12.8 Å². The summed E-state index contributed by atoms with van der Waals surface area (Å²) in [6.07, 6.45) is 6.61. The van der Waals surface area contributed by atoms with Gasteiger partial charge in [-0.2, -0.15) is 0 Å². The van der Waals surface area contributed by atoms with E-state index in [4.69, 9.17) is 10.5 Å². The molecule has 1 heterocycles. The second-order valence-corrected chi connectivity index (χ2v) is 2.99. The summed E-state index contributed by atoms with van der Waals surface area (Å²) in [5.74, 6) is 1.01. The third-order valence-corrected chi connectivity index (χ3v) is 1.97. The van der Waals surface area contributed by atoms with Crippen LogP contribution in [0.25, 0.3) is 0 Å². The molecule has 64 valence electrons. The number of hydrogen-bond acceptors (Lipinski definition) is 2. The summed E-state index contributed by atoms with van der Waals surface area (Å²) >= 11 is 0. The van der Waals surface area contributed by atoms with E-state index in [-0.39, 0.29) is 6.04 Å². The molecule has 1 atom stereocenters. The standard InChI is InChI=1S/C9H17NO/c1-2-3-5-8(10)9-6-4-7-11-9/h6,8H,2-5,7,10H2,1H3. The van der Waals surface area contributed by atoms with E-state index in [1.807, 2.05) is 0 Å². The van der Waals surface area contributed by atoms with Crippen molar-refractivity contribution in [2.45, 2.75) is 38.6 Å². The minimum Gasteiger partial charge on any atom is -0.496 e. The molecule has 1 rings (SSSR count). The van der Waals surface area contributed by atoms with Gasteiger partial charge in [-0.05, 0) is 12.5 Å². The van der Waals surface area contributed by atoms with Crippen molar-refractivity contribution in [3.63, 3.8) is 0 Å². The first-order valence-electron chi connectivity index (χ1n) is 4.43. The van der Waals surface area contributed by atoms with Crippen LogP contribution >= 0.6 is 0 Å². The quantitative estimate of drug-likeness (QED) is 0.672. The van der Waals surface area contributed by atoms with Crippen molar-refractivity contribution in [3.05, 3.63) is 11.8 Å². The number of nitrogens with two attached hydrogens (primary N) is 1. The first kappa shape index (κ1) is 8.60. The summed E-state index contributed by atoms with van der Waals surface area (Å²) < 4.78 is 5.35. The van der Waals surface area contributed by atoms with Crippen LogP contribution in [-0.4, -0.2) is 12.6 Å². The zero-order chi connectivity index (χ0) is 8.10. The fraction of sp³-hybridized carbons (Fsp3) is 0.778. The number of ether oxygens (including phenoxy) is 1. The average molecular weight is 155 g/mol. The van der Waals surface area contributed by atoms with Gasteiger partial charge < -0.3 is 10.5 Å². The van der Waals surface area contributed by atoms with Gasteiger partial charge >= 0.3 is 0 Å². The maximum absolute atomic E-state index is 5.87. The predicted molar refractivity (Wildman–Crippen MR) is 46.2 cm³/mol. The Kier molecular flexibility index (Phi) is 3.43. The maximum atomic E-state index is 5.87. The molecule has 1 aliphatic rings. The van der Waals surface area contributed by atoms with Crippen LogP contribution < -0.4 is 5.73 Å². The molecule has 2 heteroatoms. The van der Waals surface area contributed by atoms with Gasteiger partial charge in [-0.25, -0.2) is 0 Å². The lowest BCUT2D eigenvalue weighted by atomic mass is 10.1. The van der Waals surface area contributed by atoms with Crippen LogP contribution in [0.2, 0.25) is 0 Å². The summed E-state index contributed by atoms with van der Waals surface area (Å²) in [7, 11) is 0. The van der Waals surface area contributed by atoms with Crippen molar-refractivity contribution in [2.24, 2.45) is 5.73 Å². The van der Waals surface area contributed by atoms with Crippen LogP contribution in [0.1, 0.15) is 32.6 Å². The molecule has 0 amide bonds. The predicted octanol–water partition coefficient (Wildman–Crippen LogP) is 1.81. The molecule has 0 saturated carbocycles. The Morgan fingerprint density at radius 1 is 1.73 bits per heavy atom. The molecule has 0 spiro atoms. The van der Waals surface area contributed by atoms with Crippen molar-refractivity contribution in [1.29, 1.82) is 0 Å². The summed E-state index contributed by atoms with van der Waals surface area (Å²) in [6, 6.07) is 0.150. The highest BCUT2D eigenvalue weighted by Crippen LogP contribution is 2.15. The molecular formula is C9H17NO. The topological polar surface area (TPSA) is 35.2 Å². The van der Waals surface area contributed by atoms with E-state index < -0.39 is 0 Å². The van der Waals surface area contributed by atoms with Crippen molar-refractivity contribution in [2.75, 3.05) is 6.61 Å². The second kappa shape index (κ2) is 4.39. The van der Waals surface area contributed by atoms with Gasteiger partial charge in [0, 0.05) is 6.42 Å². The Morgan fingerprint density at radius 2 is 2.55 bits per heavy atom. The molecule has 2 nitrogen and oxygen atoms in total. The normalized spacial score (nSPS) is 19.3. The smallest absolute Gasteiger partial charge is 0.109 e. The van der Waals surface area contributed by atoms with Crippen molar-refractivity contribution < 1.29 is 4.74 Å². The van der Waals surface area contributed by atoms with Gasteiger partial charge in [-0.15, -0.1) is 0 Å². The Balaban J connectivity index is 2.23. The van der Waals surface area contributed by atoms with Gasteiger partial charge in [-0.1, -0.05) is 19.8 Å². The van der Waals surface area contributed by atoms with Crippen molar-refractivity contribution in [1.82, 2.24) is 0 Å². The van der Waals surface area contributed by atoms with Crippen LogP contribution in [0.4, 0.5) is 0 Å². The number of rotatable bonds is 4. The number of unbranched alkanes of at least 4 members (excludes halogenated alkanes) is 1. The third kappa shape index (κ3) is 2.54. The average Bonchev–Trinajstić information content (AvgIpc) is 2.52. The minimum absolute atomic E-state index is 0.150. The van der Waals surface area contributed by atoms with E-state index in [0.717, 1.165) is 25.2 Å². The Hall–Kier alpha value is -0.500. The van der Waals surface area contributed by atoms with Crippen LogP contribution in [0, 0.1) is 0 Å². The lowest BCUT2D eigenvalue weighted by Gasteiger charge is -2.11. The zero-order valence-corrected chi connectivity index (χ0v) is 7.18. The van der Waals surface area contributed by atoms with Gasteiger partial charge in [0.25, 0.3) is 0 Å². The molecule has 1 unspecified atom stereocenters. The summed E-state index contributed by atoms with van der Waals surface area (Å²) in [4.78, 5) is 0. The highest BCUT2D eigenvalue weighted by atomic mass is 16.5. The van der Waals surface area contributed by atoms with Gasteiger partial charge in [0.2, 0.25) is 0 Å². The molecular weight excluding hydrogens is 138 g/mol. The summed E-state index contributed by atoms with van der Waals surface area (Å²) in [6.45, 7) is 3.01. The molecule has 0 radical (unpaired) electrons. The molecule has 0 aliphatic carbocycles. The number of hydrogen-bond donors (Lipinski definition) is 1. The first-order valence-corrected chi connectivity index (χ1v) is 4.43. The fourth-order valence-corrected chi connectivity index (χ4v) is 1.26.